The highest BCUT2D eigenvalue weighted by Gasteiger charge is 2.26. The van der Waals surface area contributed by atoms with Crippen molar-refractivity contribution in [3.63, 3.8) is 0 Å². The van der Waals surface area contributed by atoms with Crippen molar-refractivity contribution in [2.45, 2.75) is 38.1 Å². The van der Waals surface area contributed by atoms with E-state index >= 15 is 0 Å². The summed E-state index contributed by atoms with van der Waals surface area (Å²) in [6.45, 7) is 4.76. The van der Waals surface area contributed by atoms with Gasteiger partial charge >= 0.3 is 0 Å². The minimum Gasteiger partial charge on any atom is -0.278 e. The molecule has 2 heterocycles. The molecule has 36 heavy (non-hydrogen) atoms. The molecule has 2 aromatic heterocycles. The third-order valence-electron chi connectivity index (χ3n) is 5.73. The predicted octanol–water partition coefficient (Wildman–Crippen LogP) is 5.49. The molecule has 10 heteroatoms. The van der Waals surface area contributed by atoms with Gasteiger partial charge in [-0.1, -0.05) is 43.7 Å². The molecule has 4 aromatic rings. The van der Waals surface area contributed by atoms with Gasteiger partial charge in [-0.2, -0.15) is 4.31 Å². The van der Waals surface area contributed by atoms with Crippen molar-refractivity contribution in [2.24, 2.45) is 0 Å². The van der Waals surface area contributed by atoms with E-state index in [1.807, 2.05) is 13.0 Å². The zero-order chi connectivity index (χ0) is 25.7. The predicted molar refractivity (Wildman–Crippen MR) is 140 cm³/mol. The Morgan fingerprint density at radius 2 is 1.81 bits per heavy atom. The second kappa shape index (κ2) is 11.2. The summed E-state index contributed by atoms with van der Waals surface area (Å²) in [5.74, 6) is -0.847. The molecule has 0 saturated carbocycles. The molecule has 0 N–H and O–H groups in total. The standard InChI is InChI=1S/C26H27FN4O3S2/c1-3-5-17-30(4-2)36(33,34)21-14-12-19(13-15-21)25(32)31(18-20-9-6-7-16-28-20)26-29-24-22(27)10-8-11-23(24)35-26/h6-16H,3-5,17-18H2,1-2H3. The monoisotopic (exact) mass is 526 g/mol. The van der Waals surface area contributed by atoms with Gasteiger partial charge in [0.2, 0.25) is 10.0 Å². The number of fused-ring (bicyclic) bond motifs is 1. The zero-order valence-corrected chi connectivity index (χ0v) is 21.7. The van der Waals surface area contributed by atoms with Crippen LogP contribution in [0.3, 0.4) is 0 Å². The van der Waals surface area contributed by atoms with Crippen LogP contribution in [-0.2, 0) is 16.6 Å². The number of rotatable bonds is 10. The molecule has 0 aliphatic carbocycles. The average molecular weight is 527 g/mol. The fourth-order valence-electron chi connectivity index (χ4n) is 3.76. The number of halogens is 1. The number of unbranched alkanes of at least 4 members (excludes halogenated alkanes) is 1. The Hall–Kier alpha value is -3.21. The highest BCUT2D eigenvalue weighted by molar-refractivity contribution is 7.89. The first kappa shape index (κ1) is 25.9. The number of sulfonamides is 1. The average Bonchev–Trinajstić information content (AvgIpc) is 3.33. The number of carbonyl (C=O) groups is 1. The van der Waals surface area contributed by atoms with Crippen molar-refractivity contribution >= 4 is 42.6 Å². The Morgan fingerprint density at radius 3 is 2.44 bits per heavy atom. The number of anilines is 1. The molecule has 7 nitrogen and oxygen atoms in total. The number of hydrogen-bond acceptors (Lipinski definition) is 6. The van der Waals surface area contributed by atoms with Gasteiger partial charge in [0.25, 0.3) is 5.91 Å². The van der Waals surface area contributed by atoms with Gasteiger partial charge in [0.05, 0.1) is 21.8 Å². The number of carbonyl (C=O) groups excluding carboxylic acids is 1. The van der Waals surface area contributed by atoms with Gasteiger partial charge in [0.1, 0.15) is 11.3 Å². The molecule has 0 spiro atoms. The van der Waals surface area contributed by atoms with Gasteiger partial charge in [-0.3, -0.25) is 14.7 Å². The number of aromatic nitrogens is 2. The first-order valence-electron chi connectivity index (χ1n) is 11.7. The van der Waals surface area contributed by atoms with Crippen molar-refractivity contribution in [2.75, 3.05) is 18.0 Å². The first-order chi connectivity index (χ1) is 17.3. The maximum Gasteiger partial charge on any atom is 0.260 e. The summed E-state index contributed by atoms with van der Waals surface area (Å²) in [7, 11) is -3.66. The molecular weight excluding hydrogens is 499 g/mol. The zero-order valence-electron chi connectivity index (χ0n) is 20.1. The van der Waals surface area contributed by atoms with E-state index in [9.17, 15) is 17.6 Å². The molecular formula is C26H27FN4O3S2. The van der Waals surface area contributed by atoms with E-state index in [1.165, 1.54) is 50.9 Å². The quantitative estimate of drug-likeness (QED) is 0.273. The fourth-order valence-corrected chi connectivity index (χ4v) is 6.22. The molecule has 0 radical (unpaired) electrons. The molecule has 2 aromatic carbocycles. The van der Waals surface area contributed by atoms with E-state index in [4.69, 9.17) is 0 Å². The minimum atomic E-state index is -3.66. The normalized spacial score (nSPS) is 11.8. The number of benzene rings is 2. The van der Waals surface area contributed by atoms with Crippen LogP contribution in [0.1, 0.15) is 42.7 Å². The van der Waals surface area contributed by atoms with Crippen molar-refractivity contribution in [3.8, 4) is 0 Å². The topological polar surface area (TPSA) is 83.5 Å². The minimum absolute atomic E-state index is 0.127. The number of para-hydroxylation sites is 1. The van der Waals surface area contributed by atoms with Gasteiger partial charge in [0.15, 0.2) is 5.13 Å². The summed E-state index contributed by atoms with van der Waals surface area (Å²) < 4.78 is 42.5. The van der Waals surface area contributed by atoms with Gasteiger partial charge in [-0.25, -0.2) is 17.8 Å². The van der Waals surface area contributed by atoms with Crippen LogP contribution in [-0.4, -0.2) is 41.7 Å². The maximum absolute atomic E-state index is 14.3. The lowest BCUT2D eigenvalue weighted by molar-refractivity contribution is 0.0984. The summed E-state index contributed by atoms with van der Waals surface area (Å²) in [5.41, 5.74) is 1.13. The second-order valence-electron chi connectivity index (χ2n) is 8.17. The smallest absolute Gasteiger partial charge is 0.260 e. The molecule has 0 fully saturated rings. The summed E-state index contributed by atoms with van der Waals surface area (Å²) >= 11 is 1.21. The Kier molecular flexibility index (Phi) is 8.07. The summed E-state index contributed by atoms with van der Waals surface area (Å²) in [4.78, 5) is 23.9. The fraction of sp³-hybridized carbons (Fsp3) is 0.269. The SMILES string of the molecule is CCCCN(CC)S(=O)(=O)c1ccc(C(=O)N(Cc2ccccn2)c2nc3c(F)cccc3s2)cc1. The molecule has 0 atom stereocenters. The Balaban J connectivity index is 1.67. The summed E-state index contributed by atoms with van der Waals surface area (Å²) in [6, 6.07) is 16.0. The van der Waals surface area contributed by atoms with Crippen LogP contribution in [0.15, 0.2) is 71.8 Å². The van der Waals surface area contributed by atoms with Crippen LogP contribution in [0.5, 0.6) is 0 Å². The third-order valence-corrected chi connectivity index (χ3v) is 8.77. The van der Waals surface area contributed by atoms with Crippen molar-refractivity contribution < 1.29 is 17.6 Å². The molecule has 4 rings (SSSR count). The largest absolute Gasteiger partial charge is 0.278 e. The lowest BCUT2D eigenvalue weighted by Crippen LogP contribution is -2.32. The van der Waals surface area contributed by atoms with E-state index in [0.29, 0.717) is 34.2 Å². The molecule has 0 saturated heterocycles. The summed E-state index contributed by atoms with van der Waals surface area (Å²) in [6.07, 6.45) is 3.30. The van der Waals surface area contributed by atoms with E-state index in [-0.39, 0.29) is 22.9 Å². The number of amides is 1. The van der Waals surface area contributed by atoms with E-state index in [1.54, 1.807) is 37.4 Å². The lowest BCUT2D eigenvalue weighted by Gasteiger charge is -2.21. The summed E-state index contributed by atoms with van der Waals surface area (Å²) in [5, 5.41) is 0.333. The van der Waals surface area contributed by atoms with E-state index < -0.39 is 15.8 Å². The lowest BCUT2D eigenvalue weighted by atomic mass is 10.2. The van der Waals surface area contributed by atoms with Gasteiger partial charge < -0.3 is 0 Å². The molecule has 0 aliphatic heterocycles. The van der Waals surface area contributed by atoms with Gasteiger partial charge in [0, 0.05) is 24.8 Å². The molecule has 0 unspecified atom stereocenters. The van der Waals surface area contributed by atoms with Crippen molar-refractivity contribution in [1.82, 2.24) is 14.3 Å². The number of pyridine rings is 1. The Morgan fingerprint density at radius 1 is 1.03 bits per heavy atom. The van der Waals surface area contributed by atoms with Crippen LogP contribution in [0.2, 0.25) is 0 Å². The van der Waals surface area contributed by atoms with Crippen molar-refractivity contribution in [1.29, 1.82) is 0 Å². The molecule has 0 aliphatic rings. The first-order valence-corrected chi connectivity index (χ1v) is 14.0. The molecule has 1 amide bonds. The van der Waals surface area contributed by atoms with E-state index in [0.717, 1.165) is 12.8 Å². The van der Waals surface area contributed by atoms with Crippen LogP contribution in [0, 0.1) is 5.82 Å². The van der Waals surface area contributed by atoms with Crippen LogP contribution in [0.4, 0.5) is 9.52 Å². The highest BCUT2D eigenvalue weighted by Crippen LogP contribution is 2.32. The number of thiazole rings is 1. The van der Waals surface area contributed by atoms with Crippen molar-refractivity contribution in [3.05, 3.63) is 83.9 Å². The van der Waals surface area contributed by atoms with Crippen LogP contribution < -0.4 is 4.90 Å². The van der Waals surface area contributed by atoms with Gasteiger partial charge in [-0.05, 0) is 55.0 Å². The Bertz CT molecular complexity index is 1440. The van der Waals surface area contributed by atoms with Crippen LogP contribution >= 0.6 is 11.3 Å². The molecule has 0 bridgehead atoms. The molecule has 188 valence electrons. The maximum atomic E-state index is 14.3. The number of nitrogens with zero attached hydrogens (tertiary/aromatic N) is 4. The second-order valence-corrected chi connectivity index (χ2v) is 11.1. The highest BCUT2D eigenvalue weighted by atomic mass is 32.2. The van der Waals surface area contributed by atoms with E-state index in [2.05, 4.69) is 9.97 Å². The van der Waals surface area contributed by atoms with Crippen LogP contribution in [0.25, 0.3) is 10.2 Å². The van der Waals surface area contributed by atoms with Gasteiger partial charge in [-0.15, -0.1) is 0 Å². The Labute approximate surface area is 214 Å². The number of hydrogen-bond donors (Lipinski definition) is 0. The third kappa shape index (κ3) is 5.45.